The lowest BCUT2D eigenvalue weighted by Crippen LogP contribution is -2.42. The first-order valence-corrected chi connectivity index (χ1v) is 7.18. The Morgan fingerprint density at radius 1 is 1.33 bits per heavy atom. The molecule has 1 amide bonds. The van der Waals surface area contributed by atoms with E-state index in [2.05, 4.69) is 5.32 Å². The number of hydrogen-bond acceptors (Lipinski definition) is 3. The van der Waals surface area contributed by atoms with Crippen LogP contribution in [0.25, 0.3) is 0 Å². The van der Waals surface area contributed by atoms with Crippen LogP contribution in [0.5, 0.6) is 0 Å². The molecule has 0 radical (unpaired) electrons. The summed E-state index contributed by atoms with van der Waals surface area (Å²) in [4.78, 5) is 12.0. The molecule has 0 aromatic rings. The maximum Gasteiger partial charge on any atom is 0.224 e. The van der Waals surface area contributed by atoms with Crippen LogP contribution in [-0.4, -0.2) is 30.7 Å². The first kappa shape index (κ1) is 15.4. The fourth-order valence-electron chi connectivity index (χ4n) is 2.84. The molecule has 0 spiro atoms. The lowest BCUT2D eigenvalue weighted by atomic mass is 9.79. The summed E-state index contributed by atoms with van der Waals surface area (Å²) >= 11 is 0. The monoisotopic (exact) mass is 256 g/mol. The van der Waals surface area contributed by atoms with E-state index in [0.717, 1.165) is 12.8 Å². The van der Waals surface area contributed by atoms with Crippen LogP contribution < -0.4 is 11.1 Å². The van der Waals surface area contributed by atoms with E-state index in [-0.39, 0.29) is 24.3 Å². The largest absolute Gasteiger partial charge is 0.396 e. The van der Waals surface area contributed by atoms with E-state index in [9.17, 15) is 9.90 Å². The maximum atomic E-state index is 12.0. The molecule has 1 aliphatic carbocycles. The first-order chi connectivity index (χ1) is 8.60. The molecule has 0 saturated heterocycles. The van der Waals surface area contributed by atoms with Gasteiger partial charge in [-0.1, -0.05) is 26.7 Å². The van der Waals surface area contributed by atoms with Crippen molar-refractivity contribution in [2.75, 3.05) is 19.7 Å². The third-order valence-corrected chi connectivity index (χ3v) is 4.23. The Morgan fingerprint density at radius 3 is 2.44 bits per heavy atom. The number of aliphatic hydroxyl groups is 1. The second kappa shape index (κ2) is 7.74. The van der Waals surface area contributed by atoms with Crippen LogP contribution in [0, 0.1) is 23.7 Å². The number of aliphatic hydroxyl groups excluding tert-OH is 1. The molecule has 3 atom stereocenters. The molecule has 3 unspecified atom stereocenters. The summed E-state index contributed by atoms with van der Waals surface area (Å²) in [5.74, 6) is 1.03. The third-order valence-electron chi connectivity index (χ3n) is 4.23. The molecule has 106 valence electrons. The van der Waals surface area contributed by atoms with Gasteiger partial charge in [-0.3, -0.25) is 4.79 Å². The summed E-state index contributed by atoms with van der Waals surface area (Å²) in [7, 11) is 0. The van der Waals surface area contributed by atoms with Gasteiger partial charge < -0.3 is 16.2 Å². The number of carbonyl (C=O) groups excluding carboxylic acids is 1. The van der Waals surface area contributed by atoms with Crippen LogP contribution in [0.1, 0.15) is 39.5 Å². The second-order valence-electron chi connectivity index (χ2n) is 5.82. The minimum atomic E-state index is -0.0961. The minimum absolute atomic E-state index is 0.0646. The van der Waals surface area contributed by atoms with Gasteiger partial charge in [0.15, 0.2) is 0 Å². The smallest absolute Gasteiger partial charge is 0.224 e. The van der Waals surface area contributed by atoms with Crippen molar-refractivity contribution >= 4 is 5.91 Å². The molecule has 0 aliphatic heterocycles. The Hall–Kier alpha value is -0.610. The van der Waals surface area contributed by atoms with Gasteiger partial charge in [-0.25, -0.2) is 0 Å². The summed E-state index contributed by atoms with van der Waals surface area (Å²) < 4.78 is 0. The number of hydrogen-bond donors (Lipinski definition) is 3. The van der Waals surface area contributed by atoms with E-state index in [1.807, 2.05) is 13.8 Å². The molecule has 0 aromatic heterocycles. The quantitative estimate of drug-likeness (QED) is 0.667. The van der Waals surface area contributed by atoms with Crippen LogP contribution >= 0.6 is 0 Å². The zero-order valence-corrected chi connectivity index (χ0v) is 11.7. The Balaban J connectivity index is 2.40. The van der Waals surface area contributed by atoms with E-state index >= 15 is 0 Å². The van der Waals surface area contributed by atoms with Gasteiger partial charge in [0, 0.05) is 19.7 Å². The summed E-state index contributed by atoms with van der Waals surface area (Å²) in [6.45, 7) is 5.37. The van der Waals surface area contributed by atoms with Gasteiger partial charge in [-0.2, -0.15) is 0 Å². The zero-order valence-electron chi connectivity index (χ0n) is 11.7. The van der Waals surface area contributed by atoms with Crippen molar-refractivity contribution in [3.05, 3.63) is 0 Å². The molecule has 1 aliphatic rings. The highest BCUT2D eigenvalue weighted by molar-refractivity contribution is 5.79. The normalized spacial score (nSPS) is 26.1. The standard InChI is InChI=1S/C14H28N2O2/c1-10(2)13(7-15)14(18)16-8-11-5-3-4-6-12(11)9-17/h10-13,17H,3-9,15H2,1-2H3,(H,16,18). The van der Waals surface area contributed by atoms with Gasteiger partial charge in [0.25, 0.3) is 0 Å². The van der Waals surface area contributed by atoms with Gasteiger partial charge in [0.1, 0.15) is 0 Å². The molecule has 1 rings (SSSR count). The van der Waals surface area contributed by atoms with Crippen LogP contribution in [0.3, 0.4) is 0 Å². The van der Waals surface area contributed by atoms with Gasteiger partial charge in [0.05, 0.1) is 5.92 Å². The average molecular weight is 256 g/mol. The van der Waals surface area contributed by atoms with E-state index in [0.29, 0.717) is 24.9 Å². The van der Waals surface area contributed by atoms with Crippen LogP contribution in [-0.2, 0) is 4.79 Å². The Morgan fingerprint density at radius 2 is 1.94 bits per heavy atom. The lowest BCUT2D eigenvalue weighted by molar-refractivity contribution is -0.126. The lowest BCUT2D eigenvalue weighted by Gasteiger charge is -2.31. The highest BCUT2D eigenvalue weighted by Crippen LogP contribution is 2.29. The molecule has 0 bridgehead atoms. The fourth-order valence-corrected chi connectivity index (χ4v) is 2.84. The highest BCUT2D eigenvalue weighted by Gasteiger charge is 2.26. The first-order valence-electron chi connectivity index (χ1n) is 7.18. The summed E-state index contributed by atoms with van der Waals surface area (Å²) in [6, 6.07) is 0. The predicted octanol–water partition coefficient (Wildman–Crippen LogP) is 1.13. The zero-order chi connectivity index (χ0) is 13.5. The Bertz CT molecular complexity index is 256. The molecule has 18 heavy (non-hydrogen) atoms. The molecular formula is C14H28N2O2. The molecule has 4 heteroatoms. The van der Waals surface area contributed by atoms with Crippen LogP contribution in [0.4, 0.5) is 0 Å². The maximum absolute atomic E-state index is 12.0. The van der Waals surface area contributed by atoms with E-state index in [4.69, 9.17) is 5.73 Å². The molecule has 1 fully saturated rings. The molecule has 0 aromatic carbocycles. The van der Waals surface area contributed by atoms with E-state index in [1.54, 1.807) is 0 Å². The molecule has 4 nitrogen and oxygen atoms in total. The number of nitrogens with one attached hydrogen (secondary N) is 1. The molecule has 4 N–H and O–H groups in total. The molecule has 0 heterocycles. The molecular weight excluding hydrogens is 228 g/mol. The van der Waals surface area contributed by atoms with Gasteiger partial charge >= 0.3 is 0 Å². The molecule has 1 saturated carbocycles. The Kier molecular flexibility index (Phi) is 6.65. The van der Waals surface area contributed by atoms with Crippen molar-refractivity contribution in [1.29, 1.82) is 0 Å². The minimum Gasteiger partial charge on any atom is -0.396 e. The predicted molar refractivity (Wildman–Crippen MR) is 72.9 cm³/mol. The van der Waals surface area contributed by atoms with Crippen LogP contribution in [0.2, 0.25) is 0 Å². The van der Waals surface area contributed by atoms with Crippen molar-refractivity contribution in [2.24, 2.45) is 29.4 Å². The van der Waals surface area contributed by atoms with Crippen molar-refractivity contribution in [1.82, 2.24) is 5.32 Å². The number of carbonyl (C=O) groups is 1. The number of amides is 1. The van der Waals surface area contributed by atoms with E-state index in [1.165, 1.54) is 12.8 Å². The third kappa shape index (κ3) is 4.25. The van der Waals surface area contributed by atoms with Gasteiger partial charge in [-0.05, 0) is 30.6 Å². The van der Waals surface area contributed by atoms with Crippen molar-refractivity contribution < 1.29 is 9.90 Å². The topological polar surface area (TPSA) is 75.4 Å². The fraction of sp³-hybridized carbons (Fsp3) is 0.929. The van der Waals surface area contributed by atoms with Crippen molar-refractivity contribution in [3.8, 4) is 0 Å². The van der Waals surface area contributed by atoms with E-state index < -0.39 is 0 Å². The van der Waals surface area contributed by atoms with Crippen molar-refractivity contribution in [3.63, 3.8) is 0 Å². The van der Waals surface area contributed by atoms with Crippen LogP contribution in [0.15, 0.2) is 0 Å². The van der Waals surface area contributed by atoms with Crippen molar-refractivity contribution in [2.45, 2.75) is 39.5 Å². The highest BCUT2D eigenvalue weighted by atomic mass is 16.3. The van der Waals surface area contributed by atoms with Gasteiger partial charge in [-0.15, -0.1) is 0 Å². The summed E-state index contributed by atoms with van der Waals surface area (Å²) in [5, 5.41) is 12.4. The summed E-state index contributed by atoms with van der Waals surface area (Å²) in [6.07, 6.45) is 4.61. The average Bonchev–Trinajstić information content (AvgIpc) is 2.37. The second-order valence-corrected chi connectivity index (χ2v) is 5.82. The SMILES string of the molecule is CC(C)C(CN)C(=O)NCC1CCCCC1CO. The summed E-state index contributed by atoms with van der Waals surface area (Å²) in [5.41, 5.74) is 5.64. The number of nitrogens with two attached hydrogens (primary N) is 1. The van der Waals surface area contributed by atoms with Gasteiger partial charge in [0.2, 0.25) is 5.91 Å². The number of rotatable bonds is 6. The Labute approximate surface area is 110 Å².